The maximum Gasteiger partial charge on any atom is 0.220 e. The number of hydrogen-bond donors (Lipinski definition) is 1. The zero-order valence-electron chi connectivity index (χ0n) is 14.2. The van der Waals surface area contributed by atoms with E-state index in [1.807, 2.05) is 0 Å². The van der Waals surface area contributed by atoms with Gasteiger partial charge >= 0.3 is 0 Å². The Balaban J connectivity index is 1.78. The molecule has 0 heterocycles. The first-order chi connectivity index (χ1) is 10.5. The van der Waals surface area contributed by atoms with Crippen LogP contribution < -0.4 is 5.73 Å². The summed E-state index contributed by atoms with van der Waals surface area (Å²) in [4.78, 5) is 12.4. The quantitative estimate of drug-likeness (QED) is 0.721. The predicted octanol–water partition coefficient (Wildman–Crippen LogP) is 4.30. The fourth-order valence-corrected chi connectivity index (χ4v) is 7.29. The van der Waals surface area contributed by atoms with Gasteiger partial charge in [-0.3, -0.25) is 4.79 Å². The van der Waals surface area contributed by atoms with Crippen LogP contribution in [0.25, 0.3) is 0 Å². The number of primary amides is 1. The lowest BCUT2D eigenvalue weighted by molar-refractivity contribution is -0.144. The van der Waals surface area contributed by atoms with Gasteiger partial charge in [0.2, 0.25) is 5.91 Å². The summed E-state index contributed by atoms with van der Waals surface area (Å²) >= 11 is 0. The number of allylic oxidation sites excluding steroid dienone is 2. The Morgan fingerprint density at radius 1 is 1.18 bits per heavy atom. The molecule has 1 amide bonds. The summed E-state index contributed by atoms with van der Waals surface area (Å²) in [5.74, 6) is 2.90. The number of hydrogen-bond acceptors (Lipinski definition) is 1. The van der Waals surface area contributed by atoms with Gasteiger partial charge in [-0.25, -0.2) is 0 Å². The number of carbonyl (C=O) groups is 1. The maximum atomic E-state index is 12.4. The highest BCUT2D eigenvalue weighted by atomic mass is 16.1. The highest BCUT2D eigenvalue weighted by Gasteiger charge is 2.60. The molecule has 4 rings (SSSR count). The van der Waals surface area contributed by atoms with Crippen molar-refractivity contribution in [3.05, 3.63) is 12.2 Å². The molecule has 0 aromatic rings. The van der Waals surface area contributed by atoms with Crippen molar-refractivity contribution >= 4 is 5.91 Å². The van der Waals surface area contributed by atoms with E-state index in [0.717, 1.165) is 24.2 Å². The largest absolute Gasteiger partial charge is 0.369 e. The minimum absolute atomic E-state index is 0.0255. The van der Waals surface area contributed by atoms with E-state index in [1.165, 1.54) is 44.9 Å². The van der Waals surface area contributed by atoms with Crippen LogP contribution >= 0.6 is 0 Å². The normalized spacial score (nSPS) is 53.5. The predicted molar refractivity (Wildman–Crippen MR) is 88.9 cm³/mol. The first-order valence-electron chi connectivity index (χ1n) is 9.43. The molecule has 0 aliphatic heterocycles. The van der Waals surface area contributed by atoms with E-state index in [-0.39, 0.29) is 17.2 Å². The van der Waals surface area contributed by atoms with E-state index >= 15 is 0 Å². The van der Waals surface area contributed by atoms with Gasteiger partial charge in [0, 0.05) is 5.92 Å². The van der Waals surface area contributed by atoms with Crippen molar-refractivity contribution in [3.63, 3.8) is 0 Å². The third-order valence-electron chi connectivity index (χ3n) is 8.23. The Morgan fingerprint density at radius 2 is 2.00 bits per heavy atom. The van der Waals surface area contributed by atoms with Crippen molar-refractivity contribution < 1.29 is 4.79 Å². The van der Waals surface area contributed by atoms with Crippen LogP contribution in [0, 0.1) is 40.4 Å². The van der Waals surface area contributed by atoms with Crippen LogP contribution in [0.4, 0.5) is 0 Å². The van der Waals surface area contributed by atoms with E-state index in [9.17, 15) is 4.79 Å². The Kier molecular flexibility index (Phi) is 3.26. The Labute approximate surface area is 134 Å². The second-order valence-corrected chi connectivity index (χ2v) is 9.18. The molecule has 7 atom stereocenters. The molecule has 22 heavy (non-hydrogen) atoms. The van der Waals surface area contributed by atoms with Gasteiger partial charge in [-0.05, 0) is 79.4 Å². The van der Waals surface area contributed by atoms with E-state index in [1.54, 1.807) is 0 Å². The summed E-state index contributed by atoms with van der Waals surface area (Å²) in [6, 6.07) is 0. The average Bonchev–Trinajstić information content (AvgIpc) is 2.87. The topological polar surface area (TPSA) is 43.1 Å². The summed E-state index contributed by atoms with van der Waals surface area (Å²) in [5, 5.41) is 0. The van der Waals surface area contributed by atoms with Crippen molar-refractivity contribution in [2.75, 3.05) is 0 Å². The molecule has 0 radical (unpaired) electrons. The lowest BCUT2D eigenvalue weighted by atomic mass is 9.44. The van der Waals surface area contributed by atoms with Crippen molar-refractivity contribution in [1.82, 2.24) is 0 Å². The molecule has 3 fully saturated rings. The van der Waals surface area contributed by atoms with Gasteiger partial charge in [-0.2, -0.15) is 0 Å². The minimum atomic E-state index is -0.0255. The lowest BCUT2D eigenvalue weighted by Gasteiger charge is -2.60. The first kappa shape index (κ1) is 14.8. The van der Waals surface area contributed by atoms with Gasteiger partial charge in [0.15, 0.2) is 0 Å². The number of amides is 1. The number of rotatable bonds is 1. The molecule has 2 heteroatoms. The summed E-state index contributed by atoms with van der Waals surface area (Å²) in [7, 11) is 0. The van der Waals surface area contributed by atoms with E-state index in [2.05, 4.69) is 26.0 Å². The molecule has 0 aromatic heterocycles. The molecule has 0 aromatic carbocycles. The molecule has 4 aliphatic rings. The molecule has 4 aliphatic carbocycles. The monoisotopic (exact) mass is 301 g/mol. The molecular formula is C20H31NO. The number of fused-ring (bicyclic) bond motifs is 5. The highest BCUT2D eigenvalue weighted by molar-refractivity contribution is 5.77. The summed E-state index contributed by atoms with van der Waals surface area (Å²) in [5.41, 5.74) is 6.52. The van der Waals surface area contributed by atoms with Gasteiger partial charge in [0.05, 0.1) is 0 Å². The maximum absolute atomic E-state index is 12.4. The zero-order valence-corrected chi connectivity index (χ0v) is 14.2. The zero-order chi connectivity index (χ0) is 15.5. The minimum Gasteiger partial charge on any atom is -0.369 e. The fraction of sp³-hybridized carbons (Fsp3) is 0.850. The molecule has 122 valence electrons. The fourth-order valence-electron chi connectivity index (χ4n) is 7.29. The van der Waals surface area contributed by atoms with Crippen LogP contribution in [0.15, 0.2) is 12.2 Å². The van der Waals surface area contributed by atoms with Crippen molar-refractivity contribution in [3.8, 4) is 0 Å². The molecule has 0 spiro atoms. The molecule has 0 saturated heterocycles. The van der Waals surface area contributed by atoms with Crippen molar-refractivity contribution in [2.45, 2.75) is 65.2 Å². The van der Waals surface area contributed by atoms with Gasteiger partial charge in [0.25, 0.3) is 0 Å². The molecule has 2 nitrogen and oxygen atoms in total. The van der Waals surface area contributed by atoms with Crippen LogP contribution in [-0.4, -0.2) is 5.91 Å². The van der Waals surface area contributed by atoms with E-state index in [4.69, 9.17) is 5.73 Å². The van der Waals surface area contributed by atoms with Crippen LogP contribution in [0.1, 0.15) is 65.2 Å². The van der Waals surface area contributed by atoms with Crippen LogP contribution in [0.2, 0.25) is 0 Å². The molecule has 2 N–H and O–H groups in total. The Morgan fingerprint density at radius 3 is 2.77 bits per heavy atom. The van der Waals surface area contributed by atoms with Crippen LogP contribution in [-0.2, 0) is 4.79 Å². The van der Waals surface area contributed by atoms with E-state index in [0.29, 0.717) is 11.3 Å². The smallest absolute Gasteiger partial charge is 0.220 e. The average molecular weight is 301 g/mol. The van der Waals surface area contributed by atoms with Crippen LogP contribution in [0.5, 0.6) is 0 Å². The third-order valence-corrected chi connectivity index (χ3v) is 8.23. The number of nitrogens with two attached hydrogens (primary N) is 1. The van der Waals surface area contributed by atoms with E-state index < -0.39 is 0 Å². The van der Waals surface area contributed by atoms with Gasteiger partial charge in [-0.15, -0.1) is 0 Å². The van der Waals surface area contributed by atoms with Gasteiger partial charge < -0.3 is 5.73 Å². The SMILES string of the molecule is C[C@@]12CCC[C@H]1[C@@H]1CCC3CCC=C[C@]3(C)[C@@H]1C(C(N)=O)C2. The third kappa shape index (κ3) is 1.88. The summed E-state index contributed by atoms with van der Waals surface area (Å²) in [6.45, 7) is 4.89. The molecule has 2 unspecified atom stereocenters. The molecular weight excluding hydrogens is 270 g/mol. The molecule has 0 bridgehead atoms. The second-order valence-electron chi connectivity index (χ2n) is 9.18. The standard InChI is InChI=1S/C20H31NO/c1-19-10-5-7-16(19)14-9-8-13-6-3-4-11-20(13,2)17(14)15(12-19)18(21)22/h4,11,13-17H,3,5-10,12H2,1-2H3,(H2,21,22)/t13?,14-,15?,16-,17-,19-,20-/m0/s1. The van der Waals surface area contributed by atoms with Gasteiger partial charge in [-0.1, -0.05) is 32.4 Å². The molecule has 3 saturated carbocycles. The van der Waals surface area contributed by atoms with Crippen molar-refractivity contribution in [1.29, 1.82) is 0 Å². The van der Waals surface area contributed by atoms with Crippen molar-refractivity contribution in [2.24, 2.45) is 46.2 Å². The van der Waals surface area contributed by atoms with Gasteiger partial charge in [0.1, 0.15) is 0 Å². The Hall–Kier alpha value is -0.790. The summed E-state index contributed by atoms with van der Waals surface area (Å²) < 4.78 is 0. The van der Waals surface area contributed by atoms with Crippen LogP contribution in [0.3, 0.4) is 0 Å². The Bertz CT molecular complexity index is 512. The second kappa shape index (κ2) is 4.85. The number of carbonyl (C=O) groups excluding carboxylic acids is 1. The summed E-state index contributed by atoms with van der Waals surface area (Å²) in [6.07, 6.45) is 15.2. The highest BCUT2D eigenvalue weighted by Crippen LogP contribution is 2.66. The first-order valence-corrected chi connectivity index (χ1v) is 9.43. The lowest BCUT2D eigenvalue weighted by Crippen LogP contribution is -2.57.